The third kappa shape index (κ3) is 2.99. The maximum absolute atomic E-state index is 8.83. The van der Waals surface area contributed by atoms with Gasteiger partial charge in [0.15, 0.2) is 0 Å². The van der Waals surface area contributed by atoms with Gasteiger partial charge < -0.3 is 15.2 Å². The zero-order valence-corrected chi connectivity index (χ0v) is 10.6. The highest BCUT2D eigenvalue weighted by molar-refractivity contribution is 5.38. The Morgan fingerprint density at radius 3 is 2.94 bits per heavy atom. The van der Waals surface area contributed by atoms with Gasteiger partial charge >= 0.3 is 0 Å². The number of hydrogen-bond acceptors (Lipinski definition) is 3. The second-order valence-corrected chi connectivity index (χ2v) is 5.19. The van der Waals surface area contributed by atoms with E-state index in [1.165, 1.54) is 5.56 Å². The maximum atomic E-state index is 8.83. The van der Waals surface area contributed by atoms with Crippen LogP contribution in [0.2, 0.25) is 0 Å². The average molecular weight is 235 g/mol. The molecule has 0 amide bonds. The van der Waals surface area contributed by atoms with Crippen LogP contribution in [0.1, 0.15) is 38.3 Å². The second-order valence-electron chi connectivity index (χ2n) is 5.19. The number of benzene rings is 1. The van der Waals surface area contributed by atoms with Gasteiger partial charge in [-0.1, -0.05) is 18.2 Å². The summed E-state index contributed by atoms with van der Waals surface area (Å²) in [6.07, 6.45) is 1.75. The average Bonchev–Trinajstić information content (AvgIpc) is 2.28. The lowest BCUT2D eigenvalue weighted by atomic mass is 9.89. The van der Waals surface area contributed by atoms with Crippen molar-refractivity contribution >= 4 is 0 Å². The van der Waals surface area contributed by atoms with Crippen molar-refractivity contribution in [2.75, 3.05) is 13.2 Å². The first kappa shape index (κ1) is 12.4. The fourth-order valence-electron chi connectivity index (χ4n) is 2.34. The molecule has 1 aliphatic rings. The van der Waals surface area contributed by atoms with Crippen LogP contribution >= 0.6 is 0 Å². The van der Waals surface area contributed by atoms with Crippen LogP contribution in [0.5, 0.6) is 5.75 Å². The van der Waals surface area contributed by atoms with Crippen LogP contribution in [0.25, 0.3) is 0 Å². The van der Waals surface area contributed by atoms with E-state index in [1.54, 1.807) is 0 Å². The van der Waals surface area contributed by atoms with Crippen LogP contribution in [0.4, 0.5) is 0 Å². The van der Waals surface area contributed by atoms with Gasteiger partial charge in [0.25, 0.3) is 0 Å². The van der Waals surface area contributed by atoms with E-state index in [4.69, 9.17) is 9.84 Å². The van der Waals surface area contributed by atoms with Gasteiger partial charge in [0.1, 0.15) is 11.4 Å². The topological polar surface area (TPSA) is 41.5 Å². The molecule has 0 saturated heterocycles. The zero-order valence-electron chi connectivity index (χ0n) is 10.6. The lowest BCUT2D eigenvalue weighted by molar-refractivity contribution is 0.0658. The Labute approximate surface area is 103 Å². The van der Waals surface area contributed by atoms with Crippen molar-refractivity contribution in [3.63, 3.8) is 0 Å². The van der Waals surface area contributed by atoms with E-state index in [-0.39, 0.29) is 12.2 Å². The quantitative estimate of drug-likeness (QED) is 0.787. The third-order valence-electron chi connectivity index (χ3n) is 3.10. The molecule has 2 N–H and O–H groups in total. The monoisotopic (exact) mass is 235 g/mol. The molecule has 17 heavy (non-hydrogen) atoms. The third-order valence-corrected chi connectivity index (χ3v) is 3.10. The van der Waals surface area contributed by atoms with Gasteiger partial charge in [-0.05, 0) is 32.9 Å². The number of ether oxygens (including phenoxy) is 1. The largest absolute Gasteiger partial charge is 0.487 e. The summed E-state index contributed by atoms with van der Waals surface area (Å²) >= 11 is 0. The minimum atomic E-state index is -0.134. The van der Waals surface area contributed by atoms with E-state index in [1.807, 2.05) is 18.2 Å². The summed E-state index contributed by atoms with van der Waals surface area (Å²) in [7, 11) is 0. The number of hydrogen-bond donors (Lipinski definition) is 2. The number of para-hydroxylation sites is 1. The van der Waals surface area contributed by atoms with Gasteiger partial charge in [-0.25, -0.2) is 0 Å². The highest BCUT2D eigenvalue weighted by Gasteiger charge is 2.32. The summed E-state index contributed by atoms with van der Waals surface area (Å²) in [5, 5.41) is 12.3. The molecule has 1 atom stereocenters. The van der Waals surface area contributed by atoms with Gasteiger partial charge in [-0.2, -0.15) is 0 Å². The minimum absolute atomic E-state index is 0.134. The van der Waals surface area contributed by atoms with Crippen molar-refractivity contribution in [1.29, 1.82) is 0 Å². The number of fused-ring (bicyclic) bond motifs is 1. The molecule has 1 unspecified atom stereocenters. The van der Waals surface area contributed by atoms with E-state index in [2.05, 4.69) is 25.2 Å². The predicted octanol–water partition coefficient (Wildman–Crippen LogP) is 2.26. The molecule has 1 aliphatic heterocycles. The van der Waals surface area contributed by atoms with Gasteiger partial charge in [-0.3, -0.25) is 0 Å². The summed E-state index contributed by atoms with van der Waals surface area (Å²) < 4.78 is 5.97. The van der Waals surface area contributed by atoms with Gasteiger partial charge in [0, 0.05) is 24.6 Å². The molecule has 1 aromatic rings. The van der Waals surface area contributed by atoms with Crippen LogP contribution in [-0.2, 0) is 0 Å². The van der Waals surface area contributed by atoms with E-state index in [0.29, 0.717) is 6.04 Å². The molecule has 0 saturated carbocycles. The molecule has 3 heteroatoms. The molecule has 0 bridgehead atoms. The summed E-state index contributed by atoms with van der Waals surface area (Å²) in [6.45, 7) is 5.31. The van der Waals surface area contributed by atoms with Crippen molar-refractivity contribution in [2.24, 2.45) is 0 Å². The summed E-state index contributed by atoms with van der Waals surface area (Å²) in [5.74, 6) is 0.977. The fraction of sp³-hybridized carbons (Fsp3) is 0.571. The molecule has 1 heterocycles. The molecule has 94 valence electrons. The van der Waals surface area contributed by atoms with Crippen molar-refractivity contribution in [3.05, 3.63) is 29.8 Å². The number of aliphatic hydroxyl groups is 1. The molecular formula is C14H21NO2. The fourth-order valence-corrected chi connectivity index (χ4v) is 2.34. The van der Waals surface area contributed by atoms with Gasteiger partial charge in [0.2, 0.25) is 0 Å². The predicted molar refractivity (Wildman–Crippen MR) is 68.2 cm³/mol. The molecule has 0 aromatic heterocycles. The molecule has 0 aliphatic carbocycles. The number of rotatable bonds is 4. The summed E-state index contributed by atoms with van der Waals surface area (Å²) in [4.78, 5) is 0. The number of aliphatic hydroxyl groups excluding tert-OH is 1. The first-order valence-electron chi connectivity index (χ1n) is 6.24. The standard InChI is InChI=1S/C14H21NO2/c1-14(2)10-12(15-8-5-9-16)11-6-3-4-7-13(11)17-14/h3-4,6-7,12,15-16H,5,8-10H2,1-2H3. The maximum Gasteiger partial charge on any atom is 0.124 e. The molecule has 1 aromatic carbocycles. The number of nitrogens with one attached hydrogen (secondary N) is 1. The highest BCUT2D eigenvalue weighted by atomic mass is 16.5. The lowest BCUT2D eigenvalue weighted by Crippen LogP contribution is -2.39. The van der Waals surface area contributed by atoms with E-state index in [0.717, 1.165) is 25.1 Å². The van der Waals surface area contributed by atoms with Crippen molar-refractivity contribution < 1.29 is 9.84 Å². The second kappa shape index (κ2) is 5.07. The van der Waals surface area contributed by atoms with E-state index >= 15 is 0 Å². The van der Waals surface area contributed by atoms with Crippen LogP contribution in [0.15, 0.2) is 24.3 Å². The van der Waals surface area contributed by atoms with Crippen molar-refractivity contribution in [3.8, 4) is 5.75 Å². The van der Waals surface area contributed by atoms with Crippen molar-refractivity contribution in [2.45, 2.75) is 38.3 Å². The van der Waals surface area contributed by atoms with Gasteiger partial charge in [-0.15, -0.1) is 0 Å². The Bertz CT molecular complexity index is 376. The first-order valence-corrected chi connectivity index (χ1v) is 6.24. The Hall–Kier alpha value is -1.06. The molecular weight excluding hydrogens is 214 g/mol. The normalized spacial score (nSPS) is 21.7. The Morgan fingerprint density at radius 1 is 1.41 bits per heavy atom. The smallest absolute Gasteiger partial charge is 0.124 e. The van der Waals surface area contributed by atoms with E-state index < -0.39 is 0 Å². The Balaban J connectivity index is 2.15. The SMILES string of the molecule is CC1(C)CC(NCCCO)c2ccccc2O1. The molecule has 3 nitrogen and oxygen atoms in total. The van der Waals surface area contributed by atoms with Gasteiger partial charge in [0.05, 0.1) is 0 Å². The minimum Gasteiger partial charge on any atom is -0.487 e. The highest BCUT2D eigenvalue weighted by Crippen LogP contribution is 2.38. The lowest BCUT2D eigenvalue weighted by Gasteiger charge is -2.38. The summed E-state index contributed by atoms with van der Waals surface area (Å²) in [6, 6.07) is 8.51. The van der Waals surface area contributed by atoms with Crippen molar-refractivity contribution in [1.82, 2.24) is 5.32 Å². The van der Waals surface area contributed by atoms with E-state index in [9.17, 15) is 0 Å². The summed E-state index contributed by atoms with van der Waals surface area (Å²) in [5.41, 5.74) is 1.09. The molecule has 0 radical (unpaired) electrons. The molecule has 0 spiro atoms. The molecule has 2 rings (SSSR count). The Kier molecular flexibility index (Phi) is 3.69. The van der Waals surface area contributed by atoms with Crippen LogP contribution in [0, 0.1) is 0 Å². The molecule has 0 fully saturated rings. The van der Waals surface area contributed by atoms with Crippen LogP contribution in [-0.4, -0.2) is 23.9 Å². The first-order chi connectivity index (χ1) is 8.12. The van der Waals surface area contributed by atoms with Crippen LogP contribution < -0.4 is 10.1 Å². The zero-order chi connectivity index (χ0) is 12.3. The Morgan fingerprint density at radius 2 is 2.18 bits per heavy atom. The van der Waals surface area contributed by atoms with Crippen LogP contribution in [0.3, 0.4) is 0 Å².